The van der Waals surface area contributed by atoms with Gasteiger partial charge in [-0.25, -0.2) is 4.39 Å². The summed E-state index contributed by atoms with van der Waals surface area (Å²) < 4.78 is 63.0. The van der Waals surface area contributed by atoms with Crippen molar-refractivity contribution in [2.75, 3.05) is 33.4 Å². The van der Waals surface area contributed by atoms with Gasteiger partial charge in [-0.05, 0) is 18.2 Å². The molecule has 1 aromatic rings. The molecule has 0 unspecified atom stereocenters. The van der Waals surface area contributed by atoms with E-state index in [9.17, 15) is 27.2 Å². The van der Waals surface area contributed by atoms with Crippen molar-refractivity contribution < 1.29 is 41.7 Å². The maximum atomic E-state index is 13.8. The lowest BCUT2D eigenvalue weighted by Gasteiger charge is -2.18. The van der Waals surface area contributed by atoms with E-state index in [-0.39, 0.29) is 24.3 Å². The summed E-state index contributed by atoms with van der Waals surface area (Å²) in [6, 6.07) is 3.36. The molecule has 0 radical (unpaired) electrons. The molecule has 10 heteroatoms. The van der Waals surface area contributed by atoms with Crippen molar-refractivity contribution >= 4 is 11.9 Å². The van der Waals surface area contributed by atoms with Gasteiger partial charge < -0.3 is 19.5 Å². The van der Waals surface area contributed by atoms with Gasteiger partial charge in [0, 0.05) is 31.3 Å². The summed E-state index contributed by atoms with van der Waals surface area (Å²) >= 11 is 0. The van der Waals surface area contributed by atoms with Crippen LogP contribution in [0.3, 0.4) is 0 Å². The first kappa shape index (κ1) is 21.1. The number of ether oxygens (including phenoxy) is 2. The van der Waals surface area contributed by atoms with Crippen LogP contribution in [-0.4, -0.2) is 61.5 Å². The van der Waals surface area contributed by atoms with Crippen LogP contribution in [0.1, 0.15) is 15.9 Å². The predicted molar refractivity (Wildman–Crippen MR) is 84.5 cm³/mol. The minimum Gasteiger partial charge on any atom is -0.481 e. The Balaban J connectivity index is 2.14. The third-order valence-corrected chi connectivity index (χ3v) is 4.33. The molecule has 1 fully saturated rings. The summed E-state index contributed by atoms with van der Waals surface area (Å²) in [5, 5.41) is 9.02. The molecule has 150 valence electrons. The summed E-state index contributed by atoms with van der Waals surface area (Å²) in [6.45, 7) is -0.956. The first-order valence-corrected chi connectivity index (χ1v) is 8.09. The smallest absolute Gasteiger partial charge is 0.394 e. The summed E-state index contributed by atoms with van der Waals surface area (Å²) in [5.74, 6) is -6.89. The number of halogens is 4. The predicted octanol–water partition coefficient (Wildman–Crippen LogP) is 2.32. The molecule has 1 heterocycles. The quantitative estimate of drug-likeness (QED) is 0.569. The number of likely N-dealkylation sites (tertiary alicyclic amines) is 1. The monoisotopic (exact) mass is 393 g/mol. The van der Waals surface area contributed by atoms with Gasteiger partial charge in [-0.2, -0.15) is 13.2 Å². The van der Waals surface area contributed by atoms with Gasteiger partial charge in [0.05, 0.1) is 31.7 Å². The van der Waals surface area contributed by atoms with Crippen LogP contribution in [0, 0.1) is 17.7 Å². The zero-order valence-corrected chi connectivity index (χ0v) is 14.5. The van der Waals surface area contributed by atoms with E-state index in [1.165, 1.54) is 13.2 Å². The second-order valence-corrected chi connectivity index (χ2v) is 6.15. The second-order valence-electron chi connectivity index (χ2n) is 6.15. The summed E-state index contributed by atoms with van der Waals surface area (Å²) in [5.41, 5.74) is 0.0343. The molecule has 2 atom stereocenters. The van der Waals surface area contributed by atoms with E-state index >= 15 is 0 Å². The van der Waals surface area contributed by atoms with E-state index in [0.717, 1.165) is 17.0 Å². The lowest BCUT2D eigenvalue weighted by atomic mass is 9.96. The van der Waals surface area contributed by atoms with Gasteiger partial charge in [0.2, 0.25) is 0 Å². The van der Waals surface area contributed by atoms with Crippen molar-refractivity contribution in [1.29, 1.82) is 0 Å². The minimum absolute atomic E-state index is 0.0336. The Morgan fingerprint density at radius 3 is 2.52 bits per heavy atom. The number of carbonyl (C=O) groups excluding carboxylic acids is 1. The molecule has 27 heavy (non-hydrogen) atoms. The van der Waals surface area contributed by atoms with Crippen LogP contribution in [0.2, 0.25) is 0 Å². The number of amides is 1. The second kappa shape index (κ2) is 8.66. The molecule has 1 N–H and O–H groups in total. The Kier molecular flexibility index (Phi) is 6.77. The van der Waals surface area contributed by atoms with E-state index in [1.54, 1.807) is 0 Å². The zero-order valence-electron chi connectivity index (χ0n) is 14.5. The number of hydrogen-bond donors (Lipinski definition) is 1. The Morgan fingerprint density at radius 2 is 1.96 bits per heavy atom. The van der Waals surface area contributed by atoms with E-state index in [2.05, 4.69) is 0 Å². The first-order chi connectivity index (χ1) is 12.6. The number of methoxy groups -OCH3 is 1. The van der Waals surface area contributed by atoms with Crippen molar-refractivity contribution in [3.8, 4) is 0 Å². The van der Waals surface area contributed by atoms with Crippen LogP contribution in [-0.2, 0) is 20.9 Å². The highest BCUT2D eigenvalue weighted by Gasteiger charge is 2.53. The average molecular weight is 393 g/mol. The van der Waals surface area contributed by atoms with Crippen LogP contribution in [0.4, 0.5) is 17.6 Å². The van der Waals surface area contributed by atoms with Gasteiger partial charge in [0.1, 0.15) is 5.82 Å². The van der Waals surface area contributed by atoms with Gasteiger partial charge in [0.15, 0.2) is 0 Å². The molecule has 1 amide bonds. The fourth-order valence-electron chi connectivity index (χ4n) is 2.88. The van der Waals surface area contributed by atoms with Crippen molar-refractivity contribution in [2.45, 2.75) is 12.8 Å². The topological polar surface area (TPSA) is 76.1 Å². The van der Waals surface area contributed by atoms with Crippen molar-refractivity contribution in [2.24, 2.45) is 11.8 Å². The van der Waals surface area contributed by atoms with E-state index in [0.29, 0.717) is 6.61 Å². The van der Waals surface area contributed by atoms with Gasteiger partial charge in [0.25, 0.3) is 5.91 Å². The zero-order chi connectivity index (χ0) is 20.2. The number of aliphatic carboxylic acids is 1. The number of carboxylic acid groups (broad SMARTS) is 1. The van der Waals surface area contributed by atoms with Crippen molar-refractivity contribution in [3.63, 3.8) is 0 Å². The van der Waals surface area contributed by atoms with E-state index in [1.807, 2.05) is 0 Å². The van der Waals surface area contributed by atoms with E-state index in [4.69, 9.17) is 14.6 Å². The standard InChI is InChI=1S/C17H19F4NO5/c1-26-4-5-27-9-11-6-10(2-3-14(11)18)15(23)22-7-12(16(24)25)13(8-22)17(19,20)21/h2-3,6,12-13H,4-5,7-9H2,1H3,(H,24,25)/t12-,13-/m1/s1. The fraction of sp³-hybridized carbons (Fsp3) is 0.529. The molecule has 2 rings (SSSR count). The molecule has 1 aliphatic heterocycles. The molecule has 0 saturated carbocycles. The highest BCUT2D eigenvalue weighted by atomic mass is 19.4. The number of hydrogen-bond acceptors (Lipinski definition) is 4. The van der Waals surface area contributed by atoms with Gasteiger partial charge in [-0.15, -0.1) is 0 Å². The molecule has 1 saturated heterocycles. The number of benzene rings is 1. The normalized spacial score (nSPS) is 20.1. The molecule has 0 spiro atoms. The number of alkyl halides is 3. The fourth-order valence-corrected chi connectivity index (χ4v) is 2.88. The van der Waals surface area contributed by atoms with Gasteiger partial charge in [-0.3, -0.25) is 9.59 Å². The number of rotatable bonds is 7. The summed E-state index contributed by atoms with van der Waals surface area (Å²) in [6.07, 6.45) is -4.73. The maximum absolute atomic E-state index is 13.8. The highest BCUT2D eigenvalue weighted by molar-refractivity contribution is 5.95. The first-order valence-electron chi connectivity index (χ1n) is 8.09. The average Bonchev–Trinajstić information content (AvgIpc) is 3.05. The SMILES string of the molecule is COCCOCc1cc(C(=O)N2C[C@@H](C(F)(F)F)[C@H](C(=O)O)C2)ccc1F. The van der Waals surface area contributed by atoms with Crippen molar-refractivity contribution in [1.82, 2.24) is 4.90 Å². The maximum Gasteiger partial charge on any atom is 0.394 e. The van der Waals surface area contributed by atoms with Crippen LogP contribution < -0.4 is 0 Å². The van der Waals surface area contributed by atoms with Crippen LogP contribution in [0.15, 0.2) is 18.2 Å². The number of carbonyl (C=O) groups is 2. The molecule has 0 aliphatic carbocycles. The Labute approximate surface area is 152 Å². The molecular formula is C17H19F4NO5. The molecule has 6 nitrogen and oxygen atoms in total. The van der Waals surface area contributed by atoms with Gasteiger partial charge in [-0.1, -0.05) is 0 Å². The van der Waals surface area contributed by atoms with Gasteiger partial charge >= 0.3 is 12.1 Å². The minimum atomic E-state index is -4.73. The van der Waals surface area contributed by atoms with Crippen LogP contribution in [0.25, 0.3) is 0 Å². The summed E-state index contributed by atoms with van der Waals surface area (Å²) in [4.78, 5) is 24.5. The largest absolute Gasteiger partial charge is 0.481 e. The molecule has 1 aromatic carbocycles. The molecule has 1 aliphatic rings. The molecule has 0 bridgehead atoms. The highest BCUT2D eigenvalue weighted by Crippen LogP contribution is 2.38. The van der Waals surface area contributed by atoms with E-state index < -0.39 is 48.8 Å². The molecule has 0 aromatic heterocycles. The Hall–Kier alpha value is -2.20. The lowest BCUT2D eigenvalue weighted by Crippen LogP contribution is -2.34. The van der Waals surface area contributed by atoms with Crippen LogP contribution >= 0.6 is 0 Å². The lowest BCUT2D eigenvalue weighted by molar-refractivity contribution is -0.187. The van der Waals surface area contributed by atoms with Crippen molar-refractivity contribution in [3.05, 3.63) is 35.1 Å². The third kappa shape index (κ3) is 5.16. The molecular weight excluding hydrogens is 374 g/mol. The van der Waals surface area contributed by atoms with Crippen LogP contribution in [0.5, 0.6) is 0 Å². The Bertz CT molecular complexity index is 694. The Morgan fingerprint density at radius 1 is 1.26 bits per heavy atom. The number of carboxylic acids is 1. The third-order valence-electron chi connectivity index (χ3n) is 4.33. The number of nitrogens with zero attached hydrogens (tertiary/aromatic N) is 1. The summed E-state index contributed by atoms with van der Waals surface area (Å²) in [7, 11) is 1.47.